The van der Waals surface area contributed by atoms with Gasteiger partial charge in [0.15, 0.2) is 0 Å². The molecule has 94 valence electrons. The fourth-order valence-electron chi connectivity index (χ4n) is 3.55. The molecule has 0 amide bonds. The lowest BCUT2D eigenvalue weighted by atomic mass is 9.83. The maximum Gasteiger partial charge on any atom is 0.0771 e. The van der Waals surface area contributed by atoms with Gasteiger partial charge >= 0.3 is 0 Å². The first-order valence-electron chi connectivity index (χ1n) is 7.11. The van der Waals surface area contributed by atoms with Crippen molar-refractivity contribution in [2.24, 2.45) is 5.41 Å². The van der Waals surface area contributed by atoms with Crippen LogP contribution in [0.15, 0.2) is 0 Å². The van der Waals surface area contributed by atoms with Crippen LogP contribution in [0.5, 0.6) is 0 Å². The lowest BCUT2D eigenvalue weighted by Crippen LogP contribution is -2.42. The van der Waals surface area contributed by atoms with Crippen LogP contribution in [0.4, 0.5) is 0 Å². The molecule has 2 rings (SSSR count). The van der Waals surface area contributed by atoms with Crippen LogP contribution in [0.2, 0.25) is 0 Å². The number of hydrogen-bond donors (Lipinski definition) is 2. The topological polar surface area (TPSA) is 32.3 Å². The molecule has 0 heterocycles. The molecule has 0 radical (unpaired) electrons. The maximum absolute atomic E-state index is 10.3. The number of nitrogens with one attached hydrogen (secondary N) is 1. The van der Waals surface area contributed by atoms with Gasteiger partial charge in [-0.05, 0) is 37.5 Å². The van der Waals surface area contributed by atoms with E-state index >= 15 is 0 Å². The maximum atomic E-state index is 10.3. The molecular formula is C14H27NO. The highest BCUT2D eigenvalue weighted by molar-refractivity contribution is 4.90. The second kappa shape index (κ2) is 5.05. The smallest absolute Gasteiger partial charge is 0.0771 e. The predicted molar refractivity (Wildman–Crippen MR) is 67.5 cm³/mol. The SMILES string of the molecule is CCC1(CNCC2(O)CCCC2)CCCC1. The summed E-state index contributed by atoms with van der Waals surface area (Å²) in [6, 6.07) is 0. The summed E-state index contributed by atoms with van der Waals surface area (Å²) in [5, 5.41) is 13.8. The molecule has 0 aliphatic heterocycles. The lowest BCUT2D eigenvalue weighted by Gasteiger charge is -2.30. The Balaban J connectivity index is 1.74. The Morgan fingerprint density at radius 2 is 1.50 bits per heavy atom. The first-order chi connectivity index (χ1) is 7.68. The molecule has 2 saturated carbocycles. The summed E-state index contributed by atoms with van der Waals surface area (Å²) in [7, 11) is 0. The van der Waals surface area contributed by atoms with Gasteiger partial charge in [0, 0.05) is 13.1 Å². The summed E-state index contributed by atoms with van der Waals surface area (Å²) < 4.78 is 0. The Bertz CT molecular complexity index is 215. The van der Waals surface area contributed by atoms with Gasteiger partial charge in [-0.2, -0.15) is 0 Å². The van der Waals surface area contributed by atoms with Crippen LogP contribution >= 0.6 is 0 Å². The molecule has 16 heavy (non-hydrogen) atoms. The molecule has 0 saturated heterocycles. The van der Waals surface area contributed by atoms with E-state index in [0.29, 0.717) is 5.41 Å². The van der Waals surface area contributed by atoms with Gasteiger partial charge in [0.05, 0.1) is 5.60 Å². The van der Waals surface area contributed by atoms with E-state index in [-0.39, 0.29) is 5.60 Å². The number of rotatable bonds is 5. The van der Waals surface area contributed by atoms with Crippen molar-refractivity contribution in [2.75, 3.05) is 13.1 Å². The quantitative estimate of drug-likeness (QED) is 0.754. The highest BCUT2D eigenvalue weighted by atomic mass is 16.3. The van der Waals surface area contributed by atoms with Gasteiger partial charge in [-0.25, -0.2) is 0 Å². The van der Waals surface area contributed by atoms with E-state index in [2.05, 4.69) is 12.2 Å². The first-order valence-corrected chi connectivity index (χ1v) is 7.11. The minimum Gasteiger partial charge on any atom is -0.389 e. The third-order valence-corrected chi connectivity index (χ3v) is 4.90. The van der Waals surface area contributed by atoms with E-state index in [1.165, 1.54) is 44.9 Å². The molecule has 0 aromatic carbocycles. The van der Waals surface area contributed by atoms with Gasteiger partial charge in [-0.1, -0.05) is 32.6 Å². The Labute approximate surface area is 99.8 Å². The van der Waals surface area contributed by atoms with Gasteiger partial charge < -0.3 is 10.4 Å². The summed E-state index contributed by atoms with van der Waals surface area (Å²) in [4.78, 5) is 0. The van der Waals surface area contributed by atoms with E-state index < -0.39 is 0 Å². The second-order valence-electron chi connectivity index (χ2n) is 6.10. The zero-order valence-electron chi connectivity index (χ0n) is 10.7. The minimum atomic E-state index is -0.381. The van der Waals surface area contributed by atoms with Gasteiger partial charge in [-0.3, -0.25) is 0 Å². The molecule has 2 heteroatoms. The normalized spacial score (nSPS) is 27.4. The average Bonchev–Trinajstić information content (AvgIpc) is 2.89. The van der Waals surface area contributed by atoms with Crippen molar-refractivity contribution >= 4 is 0 Å². The molecule has 0 spiro atoms. The van der Waals surface area contributed by atoms with Crippen molar-refractivity contribution < 1.29 is 5.11 Å². The summed E-state index contributed by atoms with van der Waals surface area (Å²) >= 11 is 0. The number of hydrogen-bond acceptors (Lipinski definition) is 2. The fraction of sp³-hybridized carbons (Fsp3) is 1.00. The van der Waals surface area contributed by atoms with Crippen LogP contribution < -0.4 is 5.32 Å². The predicted octanol–water partition coefficient (Wildman–Crippen LogP) is 2.85. The van der Waals surface area contributed by atoms with Crippen molar-refractivity contribution in [3.63, 3.8) is 0 Å². The first kappa shape index (κ1) is 12.4. The van der Waals surface area contributed by atoms with Crippen LogP contribution in [-0.2, 0) is 0 Å². The Hall–Kier alpha value is -0.0800. The second-order valence-corrected chi connectivity index (χ2v) is 6.10. The van der Waals surface area contributed by atoms with Gasteiger partial charge in [0.25, 0.3) is 0 Å². The van der Waals surface area contributed by atoms with E-state index in [0.717, 1.165) is 25.9 Å². The van der Waals surface area contributed by atoms with Crippen molar-refractivity contribution in [1.82, 2.24) is 5.32 Å². The van der Waals surface area contributed by atoms with Crippen LogP contribution in [0.25, 0.3) is 0 Å². The van der Waals surface area contributed by atoms with E-state index in [1.807, 2.05) is 0 Å². The third kappa shape index (κ3) is 2.78. The highest BCUT2D eigenvalue weighted by Crippen LogP contribution is 2.40. The number of aliphatic hydroxyl groups is 1. The summed E-state index contributed by atoms with van der Waals surface area (Å²) in [6.07, 6.45) is 11.3. The monoisotopic (exact) mass is 225 g/mol. The molecule has 2 nitrogen and oxygen atoms in total. The molecule has 2 aliphatic carbocycles. The third-order valence-electron chi connectivity index (χ3n) is 4.90. The van der Waals surface area contributed by atoms with Gasteiger partial charge in [0.1, 0.15) is 0 Å². The minimum absolute atomic E-state index is 0.381. The van der Waals surface area contributed by atoms with Crippen LogP contribution in [0, 0.1) is 5.41 Å². The average molecular weight is 225 g/mol. The Morgan fingerprint density at radius 1 is 0.938 bits per heavy atom. The Morgan fingerprint density at radius 3 is 2.06 bits per heavy atom. The summed E-state index contributed by atoms with van der Waals surface area (Å²) in [5.74, 6) is 0. The van der Waals surface area contributed by atoms with E-state index in [1.54, 1.807) is 0 Å². The molecule has 0 bridgehead atoms. The molecule has 0 aromatic rings. The van der Waals surface area contributed by atoms with Crippen LogP contribution in [0.3, 0.4) is 0 Å². The Kier molecular flexibility index (Phi) is 3.91. The summed E-state index contributed by atoms with van der Waals surface area (Å²) in [6.45, 7) is 4.25. The van der Waals surface area contributed by atoms with Crippen molar-refractivity contribution in [1.29, 1.82) is 0 Å². The molecule has 2 aliphatic rings. The molecule has 0 atom stereocenters. The molecule has 2 fully saturated rings. The highest BCUT2D eigenvalue weighted by Gasteiger charge is 2.34. The van der Waals surface area contributed by atoms with Crippen LogP contribution in [0.1, 0.15) is 64.7 Å². The van der Waals surface area contributed by atoms with Gasteiger partial charge in [0.2, 0.25) is 0 Å². The molecule has 0 aromatic heterocycles. The van der Waals surface area contributed by atoms with Crippen molar-refractivity contribution in [3.05, 3.63) is 0 Å². The molecular weight excluding hydrogens is 198 g/mol. The zero-order chi connectivity index (χ0) is 11.5. The molecule has 0 unspecified atom stereocenters. The zero-order valence-corrected chi connectivity index (χ0v) is 10.7. The van der Waals surface area contributed by atoms with E-state index in [4.69, 9.17) is 0 Å². The largest absolute Gasteiger partial charge is 0.389 e. The van der Waals surface area contributed by atoms with Gasteiger partial charge in [-0.15, -0.1) is 0 Å². The molecule has 2 N–H and O–H groups in total. The summed E-state index contributed by atoms with van der Waals surface area (Å²) in [5.41, 5.74) is 0.169. The van der Waals surface area contributed by atoms with Crippen LogP contribution in [-0.4, -0.2) is 23.8 Å². The lowest BCUT2D eigenvalue weighted by molar-refractivity contribution is 0.0444. The van der Waals surface area contributed by atoms with Crippen molar-refractivity contribution in [3.8, 4) is 0 Å². The standard InChI is InChI=1S/C14H27NO/c1-2-13(7-3-4-8-13)11-15-12-14(16)9-5-6-10-14/h15-16H,2-12H2,1H3. The van der Waals surface area contributed by atoms with Crippen molar-refractivity contribution in [2.45, 2.75) is 70.3 Å². The van der Waals surface area contributed by atoms with E-state index in [9.17, 15) is 5.11 Å². The fourth-order valence-corrected chi connectivity index (χ4v) is 3.55.